The Kier molecular flexibility index (Phi) is 6.99. The molecule has 1 fully saturated rings. The number of benzene rings is 3. The fourth-order valence-corrected chi connectivity index (χ4v) is 6.47. The molecule has 2 N–H and O–H groups in total. The number of allylic oxidation sites excluding steroid dienone is 1. The smallest absolute Gasteiger partial charge is 0.226 e. The molecule has 6 rings (SSSR count). The highest BCUT2D eigenvalue weighted by atomic mass is 32.1. The summed E-state index contributed by atoms with van der Waals surface area (Å²) in [6.45, 7) is 7.12. The summed E-state index contributed by atoms with van der Waals surface area (Å²) in [6, 6.07) is 26.4. The predicted molar refractivity (Wildman–Crippen MR) is 172 cm³/mol. The molecular weight excluding hydrogens is 526 g/mol. The maximum Gasteiger partial charge on any atom is 0.226 e. The molecule has 4 aromatic rings. The molecule has 1 amide bonds. The quantitative estimate of drug-likeness (QED) is 0.251. The molecule has 0 bridgehead atoms. The predicted octanol–water partition coefficient (Wildman–Crippen LogP) is 6.87. The number of carbonyl (C=O) groups is 1. The Morgan fingerprint density at radius 1 is 1.05 bits per heavy atom. The number of nitrogens with one attached hydrogen (secondary N) is 2. The summed E-state index contributed by atoms with van der Waals surface area (Å²) in [6.07, 6.45) is 4.44. The Hall–Kier alpha value is -4.23. The molecule has 1 saturated heterocycles. The lowest BCUT2D eigenvalue weighted by molar-refractivity contribution is -0.116. The van der Waals surface area contributed by atoms with E-state index in [4.69, 9.17) is 12.2 Å². The molecule has 0 aliphatic carbocycles. The number of carbonyl (C=O) groups excluding carboxylic acids is 1. The first-order chi connectivity index (χ1) is 19.7. The molecule has 2 aliphatic rings. The minimum atomic E-state index is -0.134. The number of hydrogen-bond acceptors (Lipinski definition) is 4. The van der Waals surface area contributed by atoms with E-state index in [1.54, 1.807) is 0 Å². The second-order valence-electron chi connectivity index (χ2n) is 11.5. The molecule has 3 aromatic carbocycles. The Morgan fingerprint density at radius 3 is 2.63 bits per heavy atom. The van der Waals surface area contributed by atoms with Crippen LogP contribution in [0, 0.1) is 0 Å². The molecule has 3 heterocycles. The largest absolute Gasteiger partial charge is 0.366 e. The zero-order valence-corrected chi connectivity index (χ0v) is 24.7. The van der Waals surface area contributed by atoms with Gasteiger partial charge < -0.3 is 20.4 Å². The Balaban J connectivity index is 1.30. The zero-order valence-electron chi connectivity index (χ0n) is 23.9. The third kappa shape index (κ3) is 5.06. The van der Waals surface area contributed by atoms with E-state index in [2.05, 4.69) is 89.6 Å². The molecule has 0 radical (unpaired) electrons. The van der Waals surface area contributed by atoms with Gasteiger partial charge in [-0.2, -0.15) is 0 Å². The van der Waals surface area contributed by atoms with Crippen LogP contribution < -0.4 is 15.5 Å². The summed E-state index contributed by atoms with van der Waals surface area (Å²) in [5, 5.41) is 9.40. The van der Waals surface area contributed by atoms with Gasteiger partial charge in [0.1, 0.15) is 0 Å². The number of hydrogen-bond donors (Lipinski definition) is 2. The molecule has 0 spiro atoms. The van der Waals surface area contributed by atoms with Gasteiger partial charge in [-0.3, -0.25) is 9.78 Å². The molecule has 0 unspecified atom stereocenters. The van der Waals surface area contributed by atoms with E-state index in [1.807, 2.05) is 54.7 Å². The molecular formula is C34H35N5OS. The average molecular weight is 562 g/mol. The fraction of sp³-hybridized carbons (Fsp3) is 0.265. The van der Waals surface area contributed by atoms with Crippen molar-refractivity contribution < 1.29 is 4.79 Å². The summed E-state index contributed by atoms with van der Waals surface area (Å²) in [5.41, 5.74) is 6.51. The number of pyridine rings is 1. The first-order valence-electron chi connectivity index (χ1n) is 14.1. The number of aromatic nitrogens is 1. The standard InChI is InChI=1S/C34H35N5OS/c1-22-21-34(2,3)38(4)29-16-15-24(20-26(22)29)32-31(28-13-7-8-18-35-28)37-33(41)39(32)19-17-30(40)36-27-14-9-11-23-10-5-6-12-25(23)27/h5-16,18,20-21,31-32H,17,19H2,1-4H3,(H,36,40)(H,37,41)/t31-,32+/m0/s1. The third-order valence-corrected chi connectivity index (χ3v) is 8.78. The highest BCUT2D eigenvalue weighted by molar-refractivity contribution is 7.80. The van der Waals surface area contributed by atoms with Gasteiger partial charge in [-0.25, -0.2) is 0 Å². The van der Waals surface area contributed by atoms with Crippen LogP contribution in [0.4, 0.5) is 11.4 Å². The molecule has 208 valence electrons. The van der Waals surface area contributed by atoms with Gasteiger partial charge in [-0.05, 0) is 79.8 Å². The normalized spacial score (nSPS) is 19.5. The van der Waals surface area contributed by atoms with E-state index in [-0.39, 0.29) is 23.5 Å². The van der Waals surface area contributed by atoms with Gasteiger partial charge in [-0.1, -0.05) is 54.6 Å². The van der Waals surface area contributed by atoms with Gasteiger partial charge in [0.25, 0.3) is 0 Å². The number of nitrogens with zero attached hydrogens (tertiary/aromatic N) is 3. The van der Waals surface area contributed by atoms with Gasteiger partial charge in [-0.15, -0.1) is 0 Å². The van der Waals surface area contributed by atoms with Crippen LogP contribution in [-0.2, 0) is 4.79 Å². The number of thiocarbonyl (C=S) groups is 1. The lowest BCUT2D eigenvalue weighted by Gasteiger charge is -2.41. The van der Waals surface area contributed by atoms with E-state index in [0.29, 0.717) is 18.1 Å². The SMILES string of the molecule is CC1=CC(C)(C)N(C)c2ccc([C@@H]3[C@H](c4ccccn4)NC(=S)N3CCC(=O)Nc3cccc4ccccc34)cc21. The third-order valence-electron chi connectivity index (χ3n) is 8.42. The van der Waals surface area contributed by atoms with Crippen molar-refractivity contribution in [2.45, 2.75) is 44.8 Å². The van der Waals surface area contributed by atoms with Crippen LogP contribution in [0.25, 0.3) is 16.3 Å². The van der Waals surface area contributed by atoms with Crippen LogP contribution in [-0.4, -0.2) is 40.0 Å². The van der Waals surface area contributed by atoms with Gasteiger partial charge >= 0.3 is 0 Å². The van der Waals surface area contributed by atoms with E-state index >= 15 is 0 Å². The maximum absolute atomic E-state index is 13.2. The van der Waals surface area contributed by atoms with Crippen LogP contribution in [0.1, 0.15) is 56.1 Å². The molecule has 6 nitrogen and oxygen atoms in total. The van der Waals surface area contributed by atoms with Crippen molar-refractivity contribution in [3.8, 4) is 0 Å². The molecule has 41 heavy (non-hydrogen) atoms. The van der Waals surface area contributed by atoms with Gasteiger partial charge in [0.05, 0.1) is 23.3 Å². The Bertz CT molecular complexity index is 1660. The van der Waals surface area contributed by atoms with E-state index in [1.165, 1.54) is 16.8 Å². The van der Waals surface area contributed by atoms with Crippen LogP contribution in [0.5, 0.6) is 0 Å². The van der Waals surface area contributed by atoms with Crippen molar-refractivity contribution in [2.24, 2.45) is 0 Å². The number of rotatable bonds is 6. The zero-order chi connectivity index (χ0) is 28.7. The Labute approximate surface area is 247 Å². The number of fused-ring (bicyclic) bond motifs is 2. The van der Waals surface area contributed by atoms with Crippen molar-refractivity contribution in [3.05, 3.63) is 108 Å². The summed E-state index contributed by atoms with van der Waals surface area (Å²) in [4.78, 5) is 22.4. The van der Waals surface area contributed by atoms with Crippen molar-refractivity contribution >= 4 is 51.0 Å². The number of anilines is 2. The molecule has 2 aliphatic heterocycles. The lowest BCUT2D eigenvalue weighted by atomic mass is 9.86. The van der Waals surface area contributed by atoms with Crippen LogP contribution >= 0.6 is 12.2 Å². The summed E-state index contributed by atoms with van der Waals surface area (Å²) >= 11 is 5.87. The van der Waals surface area contributed by atoms with Crippen LogP contribution in [0.2, 0.25) is 0 Å². The summed E-state index contributed by atoms with van der Waals surface area (Å²) < 4.78 is 0. The van der Waals surface area contributed by atoms with E-state index in [9.17, 15) is 4.79 Å². The molecule has 2 atom stereocenters. The monoisotopic (exact) mass is 561 g/mol. The first-order valence-corrected chi connectivity index (χ1v) is 14.5. The number of likely N-dealkylation sites (N-methyl/N-ethyl adjacent to an activating group) is 1. The fourth-order valence-electron chi connectivity index (χ4n) is 6.14. The van der Waals surface area contributed by atoms with Crippen LogP contribution in [0.3, 0.4) is 0 Å². The van der Waals surface area contributed by atoms with Gasteiger partial charge in [0, 0.05) is 48.5 Å². The second-order valence-corrected chi connectivity index (χ2v) is 11.8. The minimum absolute atomic E-state index is 0.0442. The molecule has 7 heteroatoms. The van der Waals surface area contributed by atoms with Crippen molar-refractivity contribution in [3.63, 3.8) is 0 Å². The Morgan fingerprint density at radius 2 is 1.83 bits per heavy atom. The van der Waals surface area contributed by atoms with Crippen molar-refractivity contribution in [2.75, 3.05) is 23.8 Å². The summed E-state index contributed by atoms with van der Waals surface area (Å²) in [7, 11) is 2.14. The van der Waals surface area contributed by atoms with Gasteiger partial charge in [0.2, 0.25) is 5.91 Å². The highest BCUT2D eigenvalue weighted by Crippen LogP contribution is 2.43. The molecule has 0 saturated carbocycles. The van der Waals surface area contributed by atoms with Crippen molar-refractivity contribution in [1.29, 1.82) is 0 Å². The molecule has 1 aromatic heterocycles. The number of amides is 1. The second kappa shape index (κ2) is 10.6. The minimum Gasteiger partial charge on any atom is -0.366 e. The average Bonchev–Trinajstić information content (AvgIpc) is 3.31. The maximum atomic E-state index is 13.2. The van der Waals surface area contributed by atoms with Crippen LogP contribution in [0.15, 0.2) is 91.1 Å². The summed E-state index contributed by atoms with van der Waals surface area (Å²) in [5.74, 6) is -0.0442. The highest BCUT2D eigenvalue weighted by Gasteiger charge is 2.40. The first kappa shape index (κ1) is 27.0. The van der Waals surface area contributed by atoms with Gasteiger partial charge in [0.15, 0.2) is 5.11 Å². The van der Waals surface area contributed by atoms with E-state index in [0.717, 1.165) is 27.7 Å². The van der Waals surface area contributed by atoms with Crippen molar-refractivity contribution in [1.82, 2.24) is 15.2 Å². The topological polar surface area (TPSA) is 60.5 Å². The lowest BCUT2D eigenvalue weighted by Crippen LogP contribution is -2.42. The van der Waals surface area contributed by atoms with E-state index < -0.39 is 0 Å².